The minimum atomic E-state index is -0.339. The summed E-state index contributed by atoms with van der Waals surface area (Å²) in [5, 5.41) is 11.0. The molecule has 1 aromatic heterocycles. The molecule has 1 aromatic rings. The second-order valence-electron chi connectivity index (χ2n) is 3.54. The summed E-state index contributed by atoms with van der Waals surface area (Å²) >= 11 is 0. The van der Waals surface area contributed by atoms with Crippen molar-refractivity contribution in [1.82, 2.24) is 15.4 Å². The molecule has 1 unspecified atom stereocenters. The van der Waals surface area contributed by atoms with Crippen LogP contribution in [0.15, 0.2) is 24.4 Å². The van der Waals surface area contributed by atoms with E-state index in [1.807, 2.05) is 0 Å². The average Bonchev–Trinajstić information content (AvgIpc) is 2.65. The molecule has 1 aliphatic rings. The van der Waals surface area contributed by atoms with E-state index in [1.165, 1.54) is 0 Å². The zero-order chi connectivity index (χ0) is 10.7. The summed E-state index contributed by atoms with van der Waals surface area (Å²) in [6.07, 6.45) is 1.94. The summed E-state index contributed by atoms with van der Waals surface area (Å²) in [6, 6.07) is 5.18. The number of carbonyl (C=O) groups is 1. The summed E-state index contributed by atoms with van der Waals surface area (Å²) in [5.74, 6) is -0.232. The number of nitrogens with one attached hydrogen (secondary N) is 1. The van der Waals surface area contributed by atoms with E-state index in [1.54, 1.807) is 29.4 Å². The lowest BCUT2D eigenvalue weighted by Gasteiger charge is -2.15. The number of aromatic nitrogens is 1. The lowest BCUT2D eigenvalue weighted by Crippen LogP contribution is -2.41. The molecule has 0 radical (unpaired) electrons. The maximum atomic E-state index is 11.6. The highest BCUT2D eigenvalue weighted by Crippen LogP contribution is 2.06. The smallest absolute Gasteiger partial charge is 0.284 e. The third-order valence-electron chi connectivity index (χ3n) is 2.32. The number of β-amino-alcohol motifs (C(OH)–C–C–N with tert-alkyl or cyclic N) is 1. The topological polar surface area (TPSA) is 65.5 Å². The maximum absolute atomic E-state index is 11.6. The Labute approximate surface area is 87.7 Å². The van der Waals surface area contributed by atoms with Crippen LogP contribution in [0.2, 0.25) is 0 Å². The van der Waals surface area contributed by atoms with E-state index in [-0.39, 0.29) is 12.0 Å². The van der Waals surface area contributed by atoms with Gasteiger partial charge in [0.2, 0.25) is 0 Å². The summed E-state index contributed by atoms with van der Waals surface area (Å²) in [4.78, 5) is 15.5. The first-order chi connectivity index (χ1) is 7.25. The zero-order valence-electron chi connectivity index (χ0n) is 8.26. The Hall–Kier alpha value is -1.46. The summed E-state index contributed by atoms with van der Waals surface area (Å²) in [5.41, 5.74) is 3.09. The second kappa shape index (κ2) is 4.37. The van der Waals surface area contributed by atoms with Gasteiger partial charge in [-0.25, -0.2) is 5.01 Å². The number of carbonyl (C=O) groups excluding carboxylic acids is 1. The quantitative estimate of drug-likeness (QED) is 0.704. The second-order valence-corrected chi connectivity index (χ2v) is 3.54. The van der Waals surface area contributed by atoms with Gasteiger partial charge in [0, 0.05) is 19.3 Å². The Bertz CT molecular complexity index is 342. The Morgan fingerprint density at radius 3 is 3.07 bits per heavy atom. The number of hydrazine groups is 1. The van der Waals surface area contributed by atoms with Gasteiger partial charge in [-0.05, 0) is 18.6 Å². The lowest BCUT2D eigenvalue weighted by molar-refractivity contribution is 0.0795. The van der Waals surface area contributed by atoms with Gasteiger partial charge in [-0.15, -0.1) is 0 Å². The fraction of sp³-hybridized carbons (Fsp3) is 0.400. The molecule has 1 amide bonds. The molecular weight excluding hydrogens is 194 g/mol. The van der Waals surface area contributed by atoms with Crippen LogP contribution in [0.25, 0.3) is 0 Å². The number of nitrogens with zero attached hydrogens (tertiary/aromatic N) is 2. The van der Waals surface area contributed by atoms with E-state index in [0.29, 0.717) is 25.2 Å². The van der Waals surface area contributed by atoms with Gasteiger partial charge in [-0.2, -0.15) is 0 Å². The van der Waals surface area contributed by atoms with Crippen molar-refractivity contribution in [2.75, 3.05) is 13.1 Å². The van der Waals surface area contributed by atoms with Crippen LogP contribution >= 0.6 is 0 Å². The monoisotopic (exact) mass is 207 g/mol. The van der Waals surface area contributed by atoms with Gasteiger partial charge in [-0.3, -0.25) is 15.2 Å². The van der Waals surface area contributed by atoms with Gasteiger partial charge >= 0.3 is 0 Å². The first-order valence-electron chi connectivity index (χ1n) is 4.91. The number of pyridine rings is 1. The standard InChI is InChI=1S/C10H13N3O2/c14-8-4-6-13(7-8)12-10(15)9-3-1-2-5-11-9/h1-3,5,8,14H,4,6-7H2,(H,12,15). The molecule has 1 fully saturated rings. The fourth-order valence-corrected chi connectivity index (χ4v) is 1.54. The molecule has 5 heteroatoms. The highest BCUT2D eigenvalue weighted by molar-refractivity contribution is 5.91. The molecule has 0 aromatic carbocycles. The molecule has 1 aliphatic heterocycles. The Morgan fingerprint density at radius 1 is 1.60 bits per heavy atom. The van der Waals surface area contributed by atoms with Crippen LogP contribution in [0.1, 0.15) is 16.9 Å². The fourth-order valence-electron chi connectivity index (χ4n) is 1.54. The molecule has 2 rings (SSSR count). The van der Waals surface area contributed by atoms with Crippen molar-refractivity contribution in [2.45, 2.75) is 12.5 Å². The van der Waals surface area contributed by atoms with Crippen LogP contribution in [-0.4, -0.2) is 40.2 Å². The molecule has 0 spiro atoms. The van der Waals surface area contributed by atoms with Gasteiger partial charge in [-0.1, -0.05) is 6.07 Å². The van der Waals surface area contributed by atoms with E-state index in [0.717, 1.165) is 0 Å². The number of amides is 1. The predicted molar refractivity (Wildman–Crippen MR) is 53.9 cm³/mol. The zero-order valence-corrected chi connectivity index (χ0v) is 8.26. The first-order valence-corrected chi connectivity index (χ1v) is 4.91. The van der Waals surface area contributed by atoms with Gasteiger partial charge < -0.3 is 5.11 Å². The van der Waals surface area contributed by atoms with Crippen molar-refractivity contribution in [3.05, 3.63) is 30.1 Å². The van der Waals surface area contributed by atoms with Crippen LogP contribution in [0.4, 0.5) is 0 Å². The molecule has 0 bridgehead atoms. The molecule has 2 N–H and O–H groups in total. The van der Waals surface area contributed by atoms with Crippen molar-refractivity contribution in [2.24, 2.45) is 0 Å². The number of aliphatic hydroxyl groups excluding tert-OH is 1. The molecule has 1 atom stereocenters. The van der Waals surface area contributed by atoms with Crippen molar-refractivity contribution in [3.63, 3.8) is 0 Å². The minimum Gasteiger partial charge on any atom is -0.392 e. The Kier molecular flexibility index (Phi) is 2.94. The molecule has 2 heterocycles. The van der Waals surface area contributed by atoms with E-state index < -0.39 is 0 Å². The van der Waals surface area contributed by atoms with Crippen LogP contribution in [0.5, 0.6) is 0 Å². The summed E-state index contributed by atoms with van der Waals surface area (Å²) < 4.78 is 0. The molecule has 0 saturated carbocycles. The van der Waals surface area contributed by atoms with E-state index >= 15 is 0 Å². The number of aliphatic hydroxyl groups is 1. The normalized spacial score (nSPS) is 21.5. The SMILES string of the molecule is O=C(NN1CCC(O)C1)c1ccccn1. The lowest BCUT2D eigenvalue weighted by atomic mass is 10.3. The highest BCUT2D eigenvalue weighted by Gasteiger charge is 2.22. The average molecular weight is 207 g/mol. The third kappa shape index (κ3) is 2.51. The van der Waals surface area contributed by atoms with Gasteiger partial charge in [0.1, 0.15) is 5.69 Å². The molecule has 1 saturated heterocycles. The maximum Gasteiger partial charge on any atom is 0.284 e. The summed E-state index contributed by atoms with van der Waals surface area (Å²) in [7, 11) is 0. The molecular formula is C10H13N3O2. The van der Waals surface area contributed by atoms with Gasteiger partial charge in [0.15, 0.2) is 0 Å². The van der Waals surface area contributed by atoms with Crippen LogP contribution in [0.3, 0.4) is 0 Å². The minimum absolute atomic E-state index is 0.232. The van der Waals surface area contributed by atoms with Gasteiger partial charge in [0.05, 0.1) is 6.10 Å². The van der Waals surface area contributed by atoms with Crippen molar-refractivity contribution < 1.29 is 9.90 Å². The van der Waals surface area contributed by atoms with Crippen molar-refractivity contribution in [1.29, 1.82) is 0 Å². The molecule has 5 nitrogen and oxygen atoms in total. The predicted octanol–water partition coefficient (Wildman–Crippen LogP) is -0.207. The molecule has 15 heavy (non-hydrogen) atoms. The van der Waals surface area contributed by atoms with Crippen molar-refractivity contribution >= 4 is 5.91 Å². The number of hydrogen-bond donors (Lipinski definition) is 2. The third-order valence-corrected chi connectivity index (χ3v) is 2.32. The highest BCUT2D eigenvalue weighted by atomic mass is 16.3. The van der Waals surface area contributed by atoms with Crippen LogP contribution in [0, 0.1) is 0 Å². The Morgan fingerprint density at radius 2 is 2.47 bits per heavy atom. The largest absolute Gasteiger partial charge is 0.392 e. The summed E-state index contributed by atoms with van der Waals surface area (Å²) in [6.45, 7) is 1.16. The van der Waals surface area contributed by atoms with E-state index in [9.17, 15) is 9.90 Å². The van der Waals surface area contributed by atoms with Crippen molar-refractivity contribution in [3.8, 4) is 0 Å². The molecule has 80 valence electrons. The van der Waals surface area contributed by atoms with E-state index in [2.05, 4.69) is 10.4 Å². The van der Waals surface area contributed by atoms with Crippen LogP contribution in [-0.2, 0) is 0 Å². The van der Waals surface area contributed by atoms with Crippen LogP contribution < -0.4 is 5.43 Å². The molecule has 0 aliphatic carbocycles. The van der Waals surface area contributed by atoms with E-state index in [4.69, 9.17) is 0 Å². The number of hydrogen-bond acceptors (Lipinski definition) is 4. The first kappa shape index (κ1) is 10.1. The number of rotatable bonds is 2. The Balaban J connectivity index is 1.93. The van der Waals surface area contributed by atoms with Gasteiger partial charge in [0.25, 0.3) is 5.91 Å².